The standard InChI is InChI=1S/C21H27NO6S/c1-6-28-21(23)13-18(16-7-9-17(26-4)10-8-16)22-29(24,25)20-12-14(2)19(27-5)11-15(20)3/h7-12,18,22H,6,13H2,1-5H3. The van der Waals surface area contributed by atoms with Crippen molar-refractivity contribution >= 4 is 16.0 Å². The van der Waals surface area contributed by atoms with Crippen LogP contribution in [0.4, 0.5) is 0 Å². The first kappa shape index (κ1) is 22.7. The van der Waals surface area contributed by atoms with E-state index in [1.165, 1.54) is 7.11 Å². The molecule has 0 fully saturated rings. The molecule has 2 rings (SSSR count). The van der Waals surface area contributed by atoms with Crippen LogP contribution in [0.25, 0.3) is 0 Å². The van der Waals surface area contributed by atoms with Gasteiger partial charge in [-0.1, -0.05) is 12.1 Å². The van der Waals surface area contributed by atoms with Crippen molar-refractivity contribution in [3.05, 3.63) is 53.1 Å². The van der Waals surface area contributed by atoms with Crippen molar-refractivity contribution in [3.63, 3.8) is 0 Å². The molecule has 8 heteroatoms. The summed E-state index contributed by atoms with van der Waals surface area (Å²) in [7, 11) is -0.827. The number of ether oxygens (including phenoxy) is 3. The number of rotatable bonds is 9. The van der Waals surface area contributed by atoms with Crippen molar-refractivity contribution in [3.8, 4) is 11.5 Å². The van der Waals surface area contributed by atoms with Crippen molar-refractivity contribution in [1.29, 1.82) is 0 Å². The van der Waals surface area contributed by atoms with Gasteiger partial charge in [0.15, 0.2) is 0 Å². The molecule has 0 aliphatic heterocycles. The van der Waals surface area contributed by atoms with Gasteiger partial charge in [0, 0.05) is 0 Å². The molecule has 0 aliphatic carbocycles. The topological polar surface area (TPSA) is 90.9 Å². The Labute approximate surface area is 172 Å². The molecule has 2 aromatic rings. The number of hydrogen-bond acceptors (Lipinski definition) is 6. The maximum Gasteiger partial charge on any atom is 0.307 e. The Bertz CT molecular complexity index is 954. The van der Waals surface area contributed by atoms with Crippen molar-refractivity contribution < 1.29 is 27.4 Å². The Morgan fingerprint density at radius 2 is 1.69 bits per heavy atom. The van der Waals surface area contributed by atoms with E-state index in [9.17, 15) is 13.2 Å². The van der Waals surface area contributed by atoms with Gasteiger partial charge in [0.05, 0.1) is 38.2 Å². The molecule has 1 atom stereocenters. The molecule has 0 saturated carbocycles. The molecule has 0 amide bonds. The maximum atomic E-state index is 13.1. The predicted octanol–water partition coefficient (Wildman–Crippen LogP) is 3.29. The third kappa shape index (κ3) is 5.71. The SMILES string of the molecule is CCOC(=O)CC(NS(=O)(=O)c1cc(C)c(OC)cc1C)c1ccc(OC)cc1. The summed E-state index contributed by atoms with van der Waals surface area (Å²) in [6.45, 7) is 5.40. The Morgan fingerprint density at radius 3 is 2.24 bits per heavy atom. The first-order chi connectivity index (χ1) is 13.7. The Hall–Kier alpha value is -2.58. The second kappa shape index (κ2) is 9.76. The lowest BCUT2D eigenvalue weighted by molar-refractivity contribution is -0.143. The normalized spacial score (nSPS) is 12.3. The van der Waals surface area contributed by atoms with Gasteiger partial charge in [0.1, 0.15) is 11.5 Å². The van der Waals surface area contributed by atoms with E-state index in [2.05, 4.69) is 4.72 Å². The van der Waals surface area contributed by atoms with Gasteiger partial charge in [-0.15, -0.1) is 0 Å². The van der Waals surface area contributed by atoms with Gasteiger partial charge in [-0.2, -0.15) is 0 Å². The molecule has 0 heterocycles. The number of benzene rings is 2. The summed E-state index contributed by atoms with van der Waals surface area (Å²) in [5.41, 5.74) is 1.87. The van der Waals surface area contributed by atoms with Gasteiger partial charge in [-0.3, -0.25) is 4.79 Å². The zero-order valence-corrected chi connectivity index (χ0v) is 18.1. The average molecular weight is 422 g/mol. The molecule has 0 bridgehead atoms. The van der Waals surface area contributed by atoms with Crippen LogP contribution in [0, 0.1) is 13.8 Å². The molecule has 2 aromatic carbocycles. The molecule has 0 aliphatic rings. The molecular weight excluding hydrogens is 394 g/mol. The van der Waals surface area contributed by atoms with E-state index >= 15 is 0 Å². The molecule has 0 aromatic heterocycles. The van der Waals surface area contributed by atoms with Crippen LogP contribution in [-0.4, -0.2) is 35.2 Å². The van der Waals surface area contributed by atoms with Crippen LogP contribution in [-0.2, 0) is 19.6 Å². The molecule has 1 N–H and O–H groups in total. The number of methoxy groups -OCH3 is 2. The largest absolute Gasteiger partial charge is 0.497 e. The van der Waals surface area contributed by atoms with Crippen LogP contribution in [0.5, 0.6) is 11.5 Å². The summed E-state index contributed by atoms with van der Waals surface area (Å²) >= 11 is 0. The lowest BCUT2D eigenvalue weighted by Crippen LogP contribution is -2.31. The number of esters is 1. The summed E-state index contributed by atoms with van der Waals surface area (Å²) in [6.07, 6.45) is -0.131. The number of aryl methyl sites for hydroxylation is 2. The minimum absolute atomic E-state index is 0.131. The first-order valence-electron chi connectivity index (χ1n) is 9.19. The third-order valence-electron chi connectivity index (χ3n) is 4.47. The number of carbonyl (C=O) groups excluding carboxylic acids is 1. The van der Waals surface area contributed by atoms with Gasteiger partial charge in [-0.05, 0) is 61.7 Å². The van der Waals surface area contributed by atoms with Crippen LogP contribution >= 0.6 is 0 Å². The van der Waals surface area contributed by atoms with E-state index in [-0.39, 0.29) is 17.9 Å². The minimum Gasteiger partial charge on any atom is -0.497 e. The average Bonchev–Trinajstić information content (AvgIpc) is 2.68. The Kier molecular flexibility index (Phi) is 7.64. The highest BCUT2D eigenvalue weighted by atomic mass is 32.2. The highest BCUT2D eigenvalue weighted by Crippen LogP contribution is 2.28. The summed E-state index contributed by atoms with van der Waals surface area (Å²) in [5.74, 6) is 0.756. The number of nitrogens with one attached hydrogen (secondary N) is 1. The van der Waals surface area contributed by atoms with Crippen LogP contribution in [0.1, 0.15) is 36.1 Å². The second-order valence-corrected chi connectivity index (χ2v) is 8.23. The summed E-state index contributed by atoms with van der Waals surface area (Å²) < 4.78 is 44.3. The van der Waals surface area contributed by atoms with Crippen LogP contribution in [0.2, 0.25) is 0 Å². The molecule has 0 radical (unpaired) electrons. The summed E-state index contributed by atoms with van der Waals surface area (Å²) in [6, 6.07) is 9.32. The fourth-order valence-electron chi connectivity index (χ4n) is 2.97. The van der Waals surface area contributed by atoms with Crippen LogP contribution in [0.15, 0.2) is 41.3 Å². The molecule has 1 unspecified atom stereocenters. The number of sulfonamides is 1. The van der Waals surface area contributed by atoms with E-state index < -0.39 is 22.0 Å². The van der Waals surface area contributed by atoms with E-state index in [1.807, 2.05) is 0 Å². The maximum absolute atomic E-state index is 13.1. The van der Waals surface area contributed by atoms with E-state index in [4.69, 9.17) is 14.2 Å². The molecule has 29 heavy (non-hydrogen) atoms. The Morgan fingerprint density at radius 1 is 1.03 bits per heavy atom. The van der Waals surface area contributed by atoms with Gasteiger partial charge >= 0.3 is 5.97 Å². The zero-order valence-electron chi connectivity index (χ0n) is 17.3. The van der Waals surface area contributed by atoms with Crippen molar-refractivity contribution in [2.45, 2.75) is 38.1 Å². The molecule has 0 saturated heterocycles. The van der Waals surface area contributed by atoms with Crippen LogP contribution < -0.4 is 14.2 Å². The van der Waals surface area contributed by atoms with Crippen molar-refractivity contribution in [2.75, 3.05) is 20.8 Å². The van der Waals surface area contributed by atoms with E-state index in [1.54, 1.807) is 64.3 Å². The second-order valence-electron chi connectivity index (χ2n) is 6.54. The fourth-order valence-corrected chi connectivity index (χ4v) is 4.51. The number of hydrogen-bond donors (Lipinski definition) is 1. The smallest absolute Gasteiger partial charge is 0.307 e. The van der Waals surface area contributed by atoms with E-state index in [0.29, 0.717) is 28.2 Å². The lowest BCUT2D eigenvalue weighted by Gasteiger charge is -2.20. The third-order valence-corrected chi connectivity index (χ3v) is 6.09. The summed E-state index contributed by atoms with van der Waals surface area (Å²) in [4.78, 5) is 12.2. The highest BCUT2D eigenvalue weighted by molar-refractivity contribution is 7.89. The number of carbonyl (C=O) groups is 1. The molecule has 7 nitrogen and oxygen atoms in total. The zero-order chi connectivity index (χ0) is 21.6. The van der Waals surface area contributed by atoms with Crippen LogP contribution in [0.3, 0.4) is 0 Å². The molecule has 0 spiro atoms. The van der Waals surface area contributed by atoms with Crippen molar-refractivity contribution in [2.24, 2.45) is 0 Å². The van der Waals surface area contributed by atoms with Gasteiger partial charge in [0.2, 0.25) is 10.0 Å². The van der Waals surface area contributed by atoms with Gasteiger partial charge < -0.3 is 14.2 Å². The first-order valence-corrected chi connectivity index (χ1v) is 10.7. The minimum atomic E-state index is -3.91. The van der Waals surface area contributed by atoms with E-state index in [0.717, 1.165) is 0 Å². The van der Waals surface area contributed by atoms with Gasteiger partial charge in [-0.25, -0.2) is 13.1 Å². The highest BCUT2D eigenvalue weighted by Gasteiger charge is 2.26. The quantitative estimate of drug-likeness (QED) is 0.625. The molecule has 158 valence electrons. The monoisotopic (exact) mass is 421 g/mol. The predicted molar refractivity (Wildman–Crippen MR) is 110 cm³/mol. The Balaban J connectivity index is 2.40. The van der Waals surface area contributed by atoms with Gasteiger partial charge in [0.25, 0.3) is 0 Å². The summed E-state index contributed by atoms with van der Waals surface area (Å²) in [5, 5.41) is 0. The van der Waals surface area contributed by atoms with Crippen molar-refractivity contribution in [1.82, 2.24) is 4.72 Å². The lowest BCUT2D eigenvalue weighted by atomic mass is 10.0. The fraction of sp³-hybridized carbons (Fsp3) is 0.381. The molecular formula is C21H27NO6S.